The first kappa shape index (κ1) is 17.3. The minimum absolute atomic E-state index is 0. The fourth-order valence-corrected chi connectivity index (χ4v) is 2.42. The molecular weight excluding hydrogens is 303 g/mol. The summed E-state index contributed by atoms with van der Waals surface area (Å²) in [6.45, 7) is 1.36. The second-order valence-corrected chi connectivity index (χ2v) is 4.95. The molecule has 1 saturated heterocycles. The molecule has 21 heavy (non-hydrogen) atoms. The molecule has 6 nitrogen and oxygen atoms in total. The smallest absolute Gasteiger partial charge is 0.307 e. The van der Waals surface area contributed by atoms with E-state index in [2.05, 4.69) is 0 Å². The molecule has 0 amide bonds. The Bertz CT molecular complexity index is 541. The van der Waals surface area contributed by atoms with E-state index in [1.807, 2.05) is 4.90 Å². The van der Waals surface area contributed by atoms with Crippen molar-refractivity contribution in [2.45, 2.75) is 19.4 Å². The molecule has 1 unspecified atom stereocenters. The first-order valence-electron chi connectivity index (χ1n) is 6.35. The van der Waals surface area contributed by atoms with Crippen molar-refractivity contribution < 1.29 is 19.2 Å². The van der Waals surface area contributed by atoms with Gasteiger partial charge in [-0.15, -0.1) is 12.4 Å². The molecule has 2 rings (SSSR count). The van der Waals surface area contributed by atoms with Crippen LogP contribution in [0.5, 0.6) is 0 Å². The van der Waals surface area contributed by atoms with E-state index in [0.29, 0.717) is 25.1 Å². The molecule has 1 heterocycles. The van der Waals surface area contributed by atoms with Crippen LogP contribution in [0.1, 0.15) is 18.4 Å². The van der Waals surface area contributed by atoms with Gasteiger partial charge in [-0.25, -0.2) is 4.39 Å². The lowest BCUT2D eigenvalue weighted by Crippen LogP contribution is -2.38. The molecule has 1 aromatic rings. The van der Waals surface area contributed by atoms with Gasteiger partial charge in [0.25, 0.3) is 5.69 Å². The van der Waals surface area contributed by atoms with Gasteiger partial charge in [0.2, 0.25) is 0 Å². The Morgan fingerprint density at radius 3 is 2.81 bits per heavy atom. The average Bonchev–Trinajstić information content (AvgIpc) is 2.41. The van der Waals surface area contributed by atoms with Gasteiger partial charge < -0.3 is 5.11 Å². The van der Waals surface area contributed by atoms with Crippen LogP contribution in [0.2, 0.25) is 0 Å². The topological polar surface area (TPSA) is 83.7 Å². The van der Waals surface area contributed by atoms with Gasteiger partial charge in [-0.1, -0.05) is 0 Å². The average molecular weight is 319 g/mol. The second kappa shape index (κ2) is 7.33. The number of likely N-dealkylation sites (tertiary alicyclic amines) is 1. The number of non-ortho nitro benzene ring substituents is 1. The highest BCUT2D eigenvalue weighted by Gasteiger charge is 2.25. The lowest BCUT2D eigenvalue weighted by atomic mass is 9.98. The number of nitro benzene ring substituents is 1. The van der Waals surface area contributed by atoms with Crippen LogP contribution in [-0.4, -0.2) is 34.0 Å². The van der Waals surface area contributed by atoms with Crippen molar-refractivity contribution in [1.82, 2.24) is 4.90 Å². The Morgan fingerprint density at radius 2 is 2.24 bits per heavy atom. The molecular formula is C13H16ClFN2O4. The van der Waals surface area contributed by atoms with Crippen LogP contribution in [0.15, 0.2) is 18.2 Å². The summed E-state index contributed by atoms with van der Waals surface area (Å²) in [5.41, 5.74) is 0.0648. The van der Waals surface area contributed by atoms with Gasteiger partial charge in [0.15, 0.2) is 0 Å². The van der Waals surface area contributed by atoms with E-state index in [0.717, 1.165) is 12.5 Å². The Labute approximate surface area is 127 Å². The third-order valence-corrected chi connectivity index (χ3v) is 3.50. The largest absolute Gasteiger partial charge is 0.481 e. The van der Waals surface area contributed by atoms with E-state index >= 15 is 0 Å². The molecule has 0 bridgehead atoms. The summed E-state index contributed by atoms with van der Waals surface area (Å²) in [5, 5.41) is 19.5. The minimum atomic E-state index is -0.834. The normalized spacial score (nSPS) is 18.8. The zero-order valence-electron chi connectivity index (χ0n) is 11.2. The van der Waals surface area contributed by atoms with Gasteiger partial charge in [-0.3, -0.25) is 19.8 Å². The van der Waals surface area contributed by atoms with Crippen LogP contribution in [0.25, 0.3) is 0 Å². The van der Waals surface area contributed by atoms with E-state index < -0.39 is 22.6 Å². The van der Waals surface area contributed by atoms with Crippen LogP contribution < -0.4 is 0 Å². The standard InChI is InChI=1S/C13H15FN2O4.ClH/c14-12-6-11(16(19)20)4-3-9(12)7-15-5-1-2-10(8-15)13(17)18;/h3-4,6,10H,1-2,5,7-8H2,(H,17,18);1H. The molecule has 0 spiro atoms. The Morgan fingerprint density at radius 1 is 1.52 bits per heavy atom. The van der Waals surface area contributed by atoms with Gasteiger partial charge >= 0.3 is 5.97 Å². The van der Waals surface area contributed by atoms with Crippen LogP contribution in [-0.2, 0) is 11.3 Å². The van der Waals surface area contributed by atoms with Crippen LogP contribution >= 0.6 is 12.4 Å². The van der Waals surface area contributed by atoms with E-state index in [1.54, 1.807) is 0 Å². The van der Waals surface area contributed by atoms with Crippen molar-refractivity contribution in [3.63, 3.8) is 0 Å². The fourth-order valence-electron chi connectivity index (χ4n) is 2.42. The first-order chi connectivity index (χ1) is 9.47. The molecule has 1 aliphatic heterocycles. The summed E-state index contributed by atoms with van der Waals surface area (Å²) in [6, 6.07) is 3.54. The maximum Gasteiger partial charge on any atom is 0.307 e. The molecule has 1 aromatic carbocycles. The van der Waals surface area contributed by atoms with Gasteiger partial charge in [-0.05, 0) is 25.5 Å². The predicted molar refractivity (Wildman–Crippen MR) is 75.9 cm³/mol. The number of hydrogen-bond donors (Lipinski definition) is 1. The van der Waals surface area contributed by atoms with Crippen LogP contribution in [0.4, 0.5) is 10.1 Å². The summed E-state index contributed by atoms with van der Waals surface area (Å²) in [5.74, 6) is -1.89. The first-order valence-corrected chi connectivity index (χ1v) is 6.35. The molecule has 8 heteroatoms. The third-order valence-electron chi connectivity index (χ3n) is 3.50. The highest BCUT2D eigenvalue weighted by Crippen LogP contribution is 2.22. The molecule has 1 aliphatic rings. The number of carboxylic acids is 1. The summed E-state index contributed by atoms with van der Waals surface area (Å²) >= 11 is 0. The Balaban J connectivity index is 0.00000220. The number of carbonyl (C=O) groups is 1. The van der Waals surface area contributed by atoms with Crippen molar-refractivity contribution in [2.24, 2.45) is 5.92 Å². The molecule has 0 aromatic heterocycles. The summed E-state index contributed by atoms with van der Waals surface area (Å²) in [4.78, 5) is 22.7. The molecule has 0 radical (unpaired) electrons. The number of hydrogen-bond acceptors (Lipinski definition) is 4. The lowest BCUT2D eigenvalue weighted by molar-refractivity contribution is -0.385. The predicted octanol–water partition coefficient (Wildman–Crippen LogP) is 2.45. The van der Waals surface area contributed by atoms with Crippen LogP contribution in [0.3, 0.4) is 0 Å². The van der Waals surface area contributed by atoms with Gasteiger partial charge in [0, 0.05) is 24.7 Å². The van der Waals surface area contributed by atoms with E-state index in [-0.39, 0.29) is 24.6 Å². The highest BCUT2D eigenvalue weighted by atomic mass is 35.5. The van der Waals surface area contributed by atoms with Crippen molar-refractivity contribution in [2.75, 3.05) is 13.1 Å². The van der Waals surface area contributed by atoms with E-state index in [9.17, 15) is 19.3 Å². The number of rotatable bonds is 4. The molecule has 116 valence electrons. The molecule has 1 atom stereocenters. The molecule has 0 saturated carbocycles. The van der Waals surface area contributed by atoms with E-state index in [1.165, 1.54) is 12.1 Å². The van der Waals surface area contributed by atoms with Crippen molar-refractivity contribution in [1.29, 1.82) is 0 Å². The monoisotopic (exact) mass is 318 g/mol. The maximum absolute atomic E-state index is 13.8. The SMILES string of the molecule is Cl.O=C(O)C1CCCN(Cc2ccc([N+](=O)[O-])cc2F)C1. The Kier molecular flexibility index (Phi) is 6.04. The zero-order valence-corrected chi connectivity index (χ0v) is 12.0. The van der Waals surface area contributed by atoms with Crippen molar-refractivity contribution >= 4 is 24.1 Å². The number of piperidine rings is 1. The highest BCUT2D eigenvalue weighted by molar-refractivity contribution is 5.85. The summed E-state index contributed by atoms with van der Waals surface area (Å²) in [7, 11) is 0. The third kappa shape index (κ3) is 4.37. The quantitative estimate of drug-likeness (QED) is 0.681. The van der Waals surface area contributed by atoms with Crippen LogP contribution in [0, 0.1) is 21.8 Å². The van der Waals surface area contributed by atoms with Crippen molar-refractivity contribution in [3.8, 4) is 0 Å². The fraction of sp³-hybridized carbons (Fsp3) is 0.462. The lowest BCUT2D eigenvalue weighted by Gasteiger charge is -2.30. The summed E-state index contributed by atoms with van der Waals surface area (Å²) < 4.78 is 13.8. The van der Waals surface area contributed by atoms with Gasteiger partial charge in [0.05, 0.1) is 16.9 Å². The number of nitrogens with zero attached hydrogens (tertiary/aromatic N) is 2. The number of carboxylic acid groups (broad SMARTS) is 1. The van der Waals surface area contributed by atoms with E-state index in [4.69, 9.17) is 5.11 Å². The molecule has 1 N–H and O–H groups in total. The number of aliphatic carboxylic acids is 1. The number of nitro groups is 1. The number of benzene rings is 1. The maximum atomic E-state index is 13.8. The summed E-state index contributed by atoms with van der Waals surface area (Å²) in [6.07, 6.45) is 1.39. The molecule has 1 fully saturated rings. The second-order valence-electron chi connectivity index (χ2n) is 4.95. The zero-order chi connectivity index (χ0) is 14.7. The number of halogens is 2. The minimum Gasteiger partial charge on any atom is -0.481 e. The van der Waals surface area contributed by atoms with Crippen molar-refractivity contribution in [3.05, 3.63) is 39.7 Å². The molecule has 0 aliphatic carbocycles. The van der Waals surface area contributed by atoms with Gasteiger partial charge in [-0.2, -0.15) is 0 Å². The van der Waals surface area contributed by atoms with Gasteiger partial charge in [0.1, 0.15) is 5.82 Å². The Hall–Kier alpha value is -1.73.